The molecule has 0 aliphatic carbocycles. The van der Waals surface area contributed by atoms with E-state index in [0.717, 1.165) is 38.3 Å². The summed E-state index contributed by atoms with van der Waals surface area (Å²) in [5.74, 6) is 0.697. The van der Waals surface area contributed by atoms with Crippen LogP contribution in [-0.2, 0) is 11.3 Å². The minimum Gasteiger partial charge on any atom is -0.484 e. The van der Waals surface area contributed by atoms with Crippen molar-refractivity contribution in [1.29, 1.82) is 0 Å². The summed E-state index contributed by atoms with van der Waals surface area (Å²) in [6.07, 6.45) is 3.62. The number of pyridine rings is 1. The van der Waals surface area contributed by atoms with Crippen molar-refractivity contribution in [2.45, 2.75) is 13.5 Å². The van der Waals surface area contributed by atoms with Crippen LogP contribution in [0.2, 0.25) is 5.02 Å². The zero-order chi connectivity index (χ0) is 17.6. The Morgan fingerprint density at radius 1 is 1.15 bits per heavy atom. The Hall–Kier alpha value is -1.82. The van der Waals surface area contributed by atoms with E-state index in [-0.39, 0.29) is 24.9 Å². The highest BCUT2D eigenvalue weighted by molar-refractivity contribution is 6.31. The molecule has 3 rings (SSSR count). The molecule has 5 nitrogen and oxygen atoms in total. The molecule has 1 amide bonds. The molecule has 1 aliphatic heterocycles. The van der Waals surface area contributed by atoms with E-state index in [4.69, 9.17) is 16.3 Å². The number of piperazine rings is 1. The molecule has 26 heavy (non-hydrogen) atoms. The predicted molar refractivity (Wildman–Crippen MR) is 105 cm³/mol. The molecule has 0 bridgehead atoms. The van der Waals surface area contributed by atoms with Gasteiger partial charge in [0.05, 0.1) is 0 Å². The number of benzene rings is 1. The summed E-state index contributed by atoms with van der Waals surface area (Å²) >= 11 is 6.00. The minimum atomic E-state index is 0. The van der Waals surface area contributed by atoms with Gasteiger partial charge in [-0.05, 0) is 48.4 Å². The molecule has 0 N–H and O–H groups in total. The number of ether oxygens (including phenoxy) is 1. The Balaban J connectivity index is 0.00000243. The highest BCUT2D eigenvalue weighted by Gasteiger charge is 2.21. The highest BCUT2D eigenvalue weighted by Crippen LogP contribution is 2.21. The zero-order valence-corrected chi connectivity index (χ0v) is 16.3. The number of carbonyl (C=O) groups excluding carboxylic acids is 1. The molecule has 1 aliphatic rings. The Labute approximate surface area is 165 Å². The summed E-state index contributed by atoms with van der Waals surface area (Å²) in [6, 6.07) is 9.48. The third-order valence-corrected chi connectivity index (χ3v) is 4.80. The smallest absolute Gasteiger partial charge is 0.260 e. The quantitative estimate of drug-likeness (QED) is 0.779. The maximum absolute atomic E-state index is 12.3. The normalized spacial score (nSPS) is 14.6. The van der Waals surface area contributed by atoms with E-state index in [1.807, 2.05) is 42.4 Å². The van der Waals surface area contributed by atoms with E-state index in [1.165, 1.54) is 5.56 Å². The van der Waals surface area contributed by atoms with Crippen LogP contribution in [0.4, 0.5) is 0 Å². The van der Waals surface area contributed by atoms with Crippen molar-refractivity contribution in [1.82, 2.24) is 14.8 Å². The van der Waals surface area contributed by atoms with Gasteiger partial charge in [0.25, 0.3) is 5.91 Å². The number of hydrogen-bond acceptors (Lipinski definition) is 4. The third kappa shape index (κ3) is 5.59. The Morgan fingerprint density at radius 2 is 1.85 bits per heavy atom. The van der Waals surface area contributed by atoms with Crippen molar-refractivity contribution < 1.29 is 9.53 Å². The second kappa shape index (κ2) is 9.76. The SMILES string of the molecule is Cc1cc(OCC(=O)N2CCN(Cc3ccncc3)CC2)ccc1Cl.Cl. The number of rotatable bonds is 5. The first kappa shape index (κ1) is 20.5. The number of aryl methyl sites for hydroxylation is 1. The lowest BCUT2D eigenvalue weighted by Gasteiger charge is -2.34. The van der Waals surface area contributed by atoms with Crippen LogP contribution >= 0.6 is 24.0 Å². The molecule has 0 unspecified atom stereocenters. The van der Waals surface area contributed by atoms with Crippen molar-refractivity contribution in [2.24, 2.45) is 0 Å². The monoisotopic (exact) mass is 395 g/mol. The van der Waals surface area contributed by atoms with Crippen LogP contribution in [0.25, 0.3) is 0 Å². The van der Waals surface area contributed by atoms with Crippen molar-refractivity contribution in [3.63, 3.8) is 0 Å². The van der Waals surface area contributed by atoms with Crippen LogP contribution in [-0.4, -0.2) is 53.5 Å². The van der Waals surface area contributed by atoms with Gasteiger partial charge in [-0.25, -0.2) is 0 Å². The first-order valence-electron chi connectivity index (χ1n) is 8.40. The maximum atomic E-state index is 12.3. The standard InChI is InChI=1S/C19H22ClN3O2.ClH/c1-15-12-17(2-3-18(15)20)25-14-19(24)23-10-8-22(9-11-23)13-16-4-6-21-7-5-16;/h2-7,12H,8-11,13-14H2,1H3;1H. The molecular weight excluding hydrogens is 373 g/mol. The van der Waals surface area contributed by atoms with E-state index in [0.29, 0.717) is 10.8 Å². The number of amides is 1. The zero-order valence-electron chi connectivity index (χ0n) is 14.7. The largest absolute Gasteiger partial charge is 0.484 e. The number of halogens is 2. The summed E-state index contributed by atoms with van der Waals surface area (Å²) < 4.78 is 5.61. The minimum absolute atomic E-state index is 0. The summed E-state index contributed by atoms with van der Waals surface area (Å²) in [5.41, 5.74) is 2.19. The van der Waals surface area contributed by atoms with Crippen LogP contribution in [0.15, 0.2) is 42.7 Å². The average molecular weight is 396 g/mol. The fraction of sp³-hybridized carbons (Fsp3) is 0.368. The van der Waals surface area contributed by atoms with Gasteiger partial charge in [0.15, 0.2) is 6.61 Å². The second-order valence-electron chi connectivity index (χ2n) is 6.21. The van der Waals surface area contributed by atoms with Crippen LogP contribution in [0.1, 0.15) is 11.1 Å². The van der Waals surface area contributed by atoms with Crippen LogP contribution in [0.5, 0.6) is 5.75 Å². The fourth-order valence-electron chi connectivity index (χ4n) is 2.85. The molecule has 2 aromatic rings. The fourth-order valence-corrected chi connectivity index (χ4v) is 2.96. The summed E-state index contributed by atoms with van der Waals surface area (Å²) in [6.45, 7) is 6.07. The van der Waals surface area contributed by atoms with Crippen molar-refractivity contribution in [3.05, 3.63) is 58.9 Å². The molecule has 1 fully saturated rings. The molecule has 1 aromatic heterocycles. The van der Waals surface area contributed by atoms with Gasteiger partial charge in [0, 0.05) is 50.1 Å². The molecule has 0 atom stereocenters. The average Bonchev–Trinajstić information content (AvgIpc) is 2.64. The molecule has 7 heteroatoms. The lowest BCUT2D eigenvalue weighted by atomic mass is 10.2. The van der Waals surface area contributed by atoms with Gasteiger partial charge in [0.1, 0.15) is 5.75 Å². The maximum Gasteiger partial charge on any atom is 0.260 e. The molecule has 0 spiro atoms. The van der Waals surface area contributed by atoms with Gasteiger partial charge in [-0.3, -0.25) is 14.7 Å². The molecule has 140 valence electrons. The summed E-state index contributed by atoms with van der Waals surface area (Å²) in [7, 11) is 0. The Morgan fingerprint density at radius 3 is 2.50 bits per heavy atom. The van der Waals surface area contributed by atoms with E-state index in [1.54, 1.807) is 12.1 Å². The highest BCUT2D eigenvalue weighted by atomic mass is 35.5. The lowest BCUT2D eigenvalue weighted by Crippen LogP contribution is -2.49. The predicted octanol–water partition coefficient (Wildman–Crippen LogP) is 3.19. The number of hydrogen-bond donors (Lipinski definition) is 0. The Bertz CT molecular complexity index is 720. The van der Waals surface area contributed by atoms with Gasteiger partial charge >= 0.3 is 0 Å². The third-order valence-electron chi connectivity index (χ3n) is 4.37. The molecule has 1 saturated heterocycles. The summed E-state index contributed by atoms with van der Waals surface area (Å²) in [4.78, 5) is 20.6. The molecular formula is C19H23Cl2N3O2. The van der Waals surface area contributed by atoms with Crippen LogP contribution in [0.3, 0.4) is 0 Å². The first-order valence-corrected chi connectivity index (χ1v) is 8.77. The first-order chi connectivity index (χ1) is 12.1. The van der Waals surface area contributed by atoms with E-state index < -0.39 is 0 Å². The van der Waals surface area contributed by atoms with Gasteiger partial charge in [-0.15, -0.1) is 12.4 Å². The van der Waals surface area contributed by atoms with Crippen molar-refractivity contribution >= 4 is 29.9 Å². The van der Waals surface area contributed by atoms with Crippen molar-refractivity contribution in [2.75, 3.05) is 32.8 Å². The molecule has 1 aromatic carbocycles. The number of carbonyl (C=O) groups is 1. The van der Waals surface area contributed by atoms with Crippen LogP contribution in [0, 0.1) is 6.92 Å². The van der Waals surface area contributed by atoms with Gasteiger partial charge < -0.3 is 9.64 Å². The van der Waals surface area contributed by atoms with Crippen molar-refractivity contribution in [3.8, 4) is 5.75 Å². The second-order valence-corrected chi connectivity index (χ2v) is 6.62. The van der Waals surface area contributed by atoms with Crippen LogP contribution < -0.4 is 4.74 Å². The van der Waals surface area contributed by atoms with E-state index in [2.05, 4.69) is 9.88 Å². The Kier molecular flexibility index (Phi) is 7.69. The topological polar surface area (TPSA) is 45.7 Å². The molecule has 0 radical (unpaired) electrons. The molecule has 0 saturated carbocycles. The number of aromatic nitrogens is 1. The lowest BCUT2D eigenvalue weighted by molar-refractivity contribution is -0.135. The number of nitrogens with zero attached hydrogens (tertiary/aromatic N) is 3. The van der Waals surface area contributed by atoms with Gasteiger partial charge in [-0.2, -0.15) is 0 Å². The molecule has 2 heterocycles. The van der Waals surface area contributed by atoms with E-state index in [9.17, 15) is 4.79 Å². The van der Waals surface area contributed by atoms with Gasteiger partial charge in [0.2, 0.25) is 0 Å². The van der Waals surface area contributed by atoms with E-state index >= 15 is 0 Å². The van der Waals surface area contributed by atoms with Gasteiger partial charge in [-0.1, -0.05) is 11.6 Å². The summed E-state index contributed by atoms with van der Waals surface area (Å²) in [5, 5.41) is 0.698.